The lowest BCUT2D eigenvalue weighted by molar-refractivity contribution is -0.109. The monoisotopic (exact) mass is 199 g/mol. The van der Waals surface area contributed by atoms with Crippen molar-refractivity contribution >= 4 is 17.2 Å². The number of aromatic amines is 1. The van der Waals surface area contributed by atoms with E-state index in [9.17, 15) is 4.79 Å². The van der Waals surface area contributed by atoms with Gasteiger partial charge < -0.3 is 9.78 Å². The number of para-hydroxylation sites is 1. The molecule has 1 aliphatic carbocycles. The molecule has 0 bridgehead atoms. The highest BCUT2D eigenvalue weighted by Crippen LogP contribution is 2.35. The van der Waals surface area contributed by atoms with Gasteiger partial charge in [-0.3, -0.25) is 0 Å². The molecule has 1 atom stereocenters. The van der Waals surface area contributed by atoms with Crippen molar-refractivity contribution in [2.75, 3.05) is 0 Å². The molecular formula is C13H13NO. The van der Waals surface area contributed by atoms with Crippen LogP contribution in [0.3, 0.4) is 0 Å². The SMILES string of the molecule is O=CC1CCCc2[nH]c3ccccc3c21. The van der Waals surface area contributed by atoms with Crippen LogP contribution in [0.4, 0.5) is 0 Å². The summed E-state index contributed by atoms with van der Waals surface area (Å²) in [5, 5.41) is 1.23. The van der Waals surface area contributed by atoms with E-state index in [-0.39, 0.29) is 5.92 Å². The van der Waals surface area contributed by atoms with Crippen LogP contribution in [0.2, 0.25) is 0 Å². The Hall–Kier alpha value is -1.57. The zero-order chi connectivity index (χ0) is 10.3. The van der Waals surface area contributed by atoms with Crippen LogP contribution in [-0.2, 0) is 11.2 Å². The summed E-state index contributed by atoms with van der Waals surface area (Å²) in [6, 6.07) is 8.25. The molecule has 0 fully saturated rings. The van der Waals surface area contributed by atoms with Gasteiger partial charge in [0.05, 0.1) is 0 Å². The number of aldehydes is 1. The third-order valence-electron chi connectivity index (χ3n) is 3.30. The fourth-order valence-electron chi connectivity index (χ4n) is 2.62. The van der Waals surface area contributed by atoms with Gasteiger partial charge in [-0.1, -0.05) is 18.2 Å². The number of hydrogen-bond donors (Lipinski definition) is 1. The second-order valence-corrected chi connectivity index (χ2v) is 4.20. The molecule has 2 nitrogen and oxygen atoms in total. The first-order valence-electron chi connectivity index (χ1n) is 5.45. The quantitative estimate of drug-likeness (QED) is 0.704. The molecule has 76 valence electrons. The minimum absolute atomic E-state index is 0.102. The number of carbonyl (C=O) groups is 1. The fraction of sp³-hybridized carbons (Fsp3) is 0.308. The topological polar surface area (TPSA) is 32.9 Å². The van der Waals surface area contributed by atoms with E-state index in [1.54, 1.807) is 0 Å². The molecule has 0 saturated heterocycles. The number of benzene rings is 1. The van der Waals surface area contributed by atoms with Crippen LogP contribution in [0.25, 0.3) is 10.9 Å². The number of hydrogen-bond acceptors (Lipinski definition) is 1. The lowest BCUT2D eigenvalue weighted by Gasteiger charge is -2.17. The van der Waals surface area contributed by atoms with Gasteiger partial charge in [-0.05, 0) is 30.9 Å². The second kappa shape index (κ2) is 3.23. The van der Waals surface area contributed by atoms with Gasteiger partial charge in [-0.15, -0.1) is 0 Å². The van der Waals surface area contributed by atoms with Gasteiger partial charge in [0.15, 0.2) is 0 Å². The van der Waals surface area contributed by atoms with Crippen molar-refractivity contribution in [1.82, 2.24) is 4.98 Å². The highest BCUT2D eigenvalue weighted by molar-refractivity contribution is 5.88. The molecule has 0 amide bonds. The van der Waals surface area contributed by atoms with Gasteiger partial charge in [-0.25, -0.2) is 0 Å². The maximum Gasteiger partial charge on any atom is 0.127 e. The predicted octanol–water partition coefficient (Wildman–Crippen LogP) is 2.79. The second-order valence-electron chi connectivity index (χ2n) is 4.20. The molecule has 0 aliphatic heterocycles. The zero-order valence-corrected chi connectivity index (χ0v) is 8.49. The molecule has 0 spiro atoms. The van der Waals surface area contributed by atoms with E-state index >= 15 is 0 Å². The normalized spacial score (nSPS) is 20.1. The van der Waals surface area contributed by atoms with E-state index in [0.29, 0.717) is 0 Å². The first-order chi connectivity index (χ1) is 7.40. The Bertz CT molecular complexity index is 512. The highest BCUT2D eigenvalue weighted by Gasteiger charge is 2.23. The van der Waals surface area contributed by atoms with Gasteiger partial charge in [0.25, 0.3) is 0 Å². The van der Waals surface area contributed by atoms with Crippen LogP contribution in [-0.4, -0.2) is 11.3 Å². The van der Waals surface area contributed by atoms with Crippen LogP contribution in [0, 0.1) is 0 Å². The number of carbonyl (C=O) groups excluding carboxylic acids is 1. The van der Waals surface area contributed by atoms with Crippen molar-refractivity contribution in [1.29, 1.82) is 0 Å². The van der Waals surface area contributed by atoms with Crippen molar-refractivity contribution < 1.29 is 4.79 Å². The van der Waals surface area contributed by atoms with E-state index in [4.69, 9.17) is 0 Å². The molecule has 1 unspecified atom stereocenters. The Morgan fingerprint density at radius 1 is 1.33 bits per heavy atom. The van der Waals surface area contributed by atoms with Crippen molar-refractivity contribution in [3.8, 4) is 0 Å². The summed E-state index contributed by atoms with van der Waals surface area (Å²) in [6.45, 7) is 0. The molecule has 3 rings (SSSR count). The minimum Gasteiger partial charge on any atom is -0.358 e. The number of H-pyrrole nitrogens is 1. The number of nitrogens with one attached hydrogen (secondary N) is 1. The summed E-state index contributed by atoms with van der Waals surface area (Å²) in [5.41, 5.74) is 3.67. The van der Waals surface area contributed by atoms with E-state index in [2.05, 4.69) is 17.1 Å². The van der Waals surface area contributed by atoms with Gasteiger partial charge in [-0.2, -0.15) is 0 Å². The third-order valence-corrected chi connectivity index (χ3v) is 3.30. The van der Waals surface area contributed by atoms with Crippen LogP contribution < -0.4 is 0 Å². The Morgan fingerprint density at radius 3 is 3.07 bits per heavy atom. The van der Waals surface area contributed by atoms with Crippen molar-refractivity contribution in [2.24, 2.45) is 0 Å². The summed E-state index contributed by atoms with van der Waals surface area (Å²) < 4.78 is 0. The lowest BCUT2D eigenvalue weighted by Crippen LogP contribution is -2.09. The van der Waals surface area contributed by atoms with Gasteiger partial charge in [0.1, 0.15) is 6.29 Å². The van der Waals surface area contributed by atoms with Crippen molar-refractivity contribution in [2.45, 2.75) is 25.2 Å². The molecule has 0 saturated carbocycles. The summed E-state index contributed by atoms with van der Waals surface area (Å²) >= 11 is 0. The largest absolute Gasteiger partial charge is 0.358 e. The zero-order valence-electron chi connectivity index (χ0n) is 8.49. The van der Waals surface area contributed by atoms with Crippen molar-refractivity contribution in [3.05, 3.63) is 35.5 Å². The Balaban J connectivity index is 2.31. The third kappa shape index (κ3) is 1.21. The van der Waals surface area contributed by atoms with Crippen LogP contribution >= 0.6 is 0 Å². The highest BCUT2D eigenvalue weighted by atomic mass is 16.1. The van der Waals surface area contributed by atoms with Gasteiger partial charge in [0, 0.05) is 22.5 Å². The molecule has 2 aromatic rings. The molecule has 1 heterocycles. The van der Waals surface area contributed by atoms with E-state index in [0.717, 1.165) is 31.1 Å². The summed E-state index contributed by atoms with van der Waals surface area (Å²) in [4.78, 5) is 14.5. The number of fused-ring (bicyclic) bond motifs is 3. The lowest BCUT2D eigenvalue weighted by atomic mass is 9.86. The molecule has 1 N–H and O–H groups in total. The van der Waals surface area contributed by atoms with Crippen LogP contribution in [0.1, 0.15) is 30.0 Å². The van der Waals surface area contributed by atoms with E-state index in [1.807, 2.05) is 12.1 Å². The van der Waals surface area contributed by atoms with E-state index < -0.39 is 0 Å². The summed E-state index contributed by atoms with van der Waals surface area (Å²) in [7, 11) is 0. The van der Waals surface area contributed by atoms with Crippen LogP contribution in [0.5, 0.6) is 0 Å². The molecule has 0 radical (unpaired) electrons. The smallest absolute Gasteiger partial charge is 0.127 e. The Labute approximate surface area is 88.3 Å². The molecule has 15 heavy (non-hydrogen) atoms. The fourth-order valence-corrected chi connectivity index (χ4v) is 2.62. The maximum atomic E-state index is 11.1. The first-order valence-corrected chi connectivity index (χ1v) is 5.45. The Morgan fingerprint density at radius 2 is 2.20 bits per heavy atom. The molecule has 2 heteroatoms. The van der Waals surface area contributed by atoms with Gasteiger partial charge >= 0.3 is 0 Å². The van der Waals surface area contributed by atoms with Crippen molar-refractivity contribution in [3.63, 3.8) is 0 Å². The van der Waals surface area contributed by atoms with E-state index in [1.165, 1.54) is 16.6 Å². The van der Waals surface area contributed by atoms with Crippen LogP contribution in [0.15, 0.2) is 24.3 Å². The average molecular weight is 199 g/mol. The summed E-state index contributed by atoms with van der Waals surface area (Å²) in [5.74, 6) is 0.102. The number of aromatic nitrogens is 1. The summed E-state index contributed by atoms with van der Waals surface area (Å²) in [6.07, 6.45) is 4.29. The molecular weight excluding hydrogens is 186 g/mol. The maximum absolute atomic E-state index is 11.1. The first kappa shape index (κ1) is 8.72. The Kier molecular flexibility index (Phi) is 1.88. The molecule has 1 aromatic heterocycles. The minimum atomic E-state index is 0.102. The predicted molar refractivity (Wildman–Crippen MR) is 60.0 cm³/mol. The number of aryl methyl sites for hydroxylation is 1. The standard InChI is InChI=1S/C13H13NO/c15-8-9-4-3-7-12-13(9)10-5-1-2-6-11(10)14-12/h1-2,5-6,8-9,14H,3-4,7H2. The van der Waals surface area contributed by atoms with Gasteiger partial charge in [0.2, 0.25) is 0 Å². The molecule has 1 aliphatic rings. The number of rotatable bonds is 1. The average Bonchev–Trinajstić information content (AvgIpc) is 2.67. The molecule has 1 aromatic carbocycles.